The fourth-order valence-corrected chi connectivity index (χ4v) is 3.90. The molecule has 0 aliphatic heterocycles. The van der Waals surface area contributed by atoms with Crippen LogP contribution in [0.1, 0.15) is 31.9 Å². The van der Waals surface area contributed by atoms with Crippen molar-refractivity contribution < 1.29 is 4.42 Å². The highest BCUT2D eigenvalue weighted by atomic mass is 127. The maximum Gasteiger partial charge on any atom is 0.168 e. The number of hydrogen-bond donors (Lipinski definition) is 0. The molecule has 0 radical (unpaired) electrons. The Morgan fingerprint density at radius 2 is 1.76 bits per heavy atom. The average Bonchev–Trinajstić information content (AvgIpc) is 2.88. The van der Waals surface area contributed by atoms with Crippen molar-refractivity contribution in [1.29, 1.82) is 0 Å². The average molecular weight is 441 g/mol. The van der Waals surface area contributed by atoms with E-state index in [2.05, 4.69) is 91.7 Å². The summed E-state index contributed by atoms with van der Waals surface area (Å²) in [6, 6.07) is 15.1. The number of benzene rings is 2. The summed E-state index contributed by atoms with van der Waals surface area (Å²) >= 11 is 2.25. The van der Waals surface area contributed by atoms with Gasteiger partial charge in [0.1, 0.15) is 5.69 Å². The van der Waals surface area contributed by atoms with Crippen molar-refractivity contribution in [2.24, 2.45) is 0 Å². The number of rotatable bonds is 1. The largest absolute Gasteiger partial charge is 0.448 e. The van der Waals surface area contributed by atoms with Crippen molar-refractivity contribution in [2.45, 2.75) is 33.1 Å². The van der Waals surface area contributed by atoms with Gasteiger partial charge in [-0.15, -0.1) is 0 Å². The summed E-state index contributed by atoms with van der Waals surface area (Å²) in [6.45, 7) is 8.87. The van der Waals surface area contributed by atoms with E-state index in [1.807, 2.05) is 12.3 Å². The lowest BCUT2D eigenvalue weighted by Gasteiger charge is -2.22. The van der Waals surface area contributed by atoms with Gasteiger partial charge in [0.15, 0.2) is 9.35 Å². The SMILES string of the molecule is Cc1c(I)oc2c(-c3cc(C(C)(C)C)c4ccccc4c3)nccc12. The number of furan rings is 1. The monoisotopic (exact) mass is 441 g/mol. The van der Waals surface area contributed by atoms with E-state index < -0.39 is 0 Å². The van der Waals surface area contributed by atoms with Crippen LogP contribution in [-0.4, -0.2) is 4.98 Å². The number of pyridine rings is 1. The zero-order valence-electron chi connectivity index (χ0n) is 14.9. The van der Waals surface area contributed by atoms with E-state index in [1.54, 1.807) is 0 Å². The van der Waals surface area contributed by atoms with Crippen LogP contribution in [0.15, 0.2) is 53.1 Å². The normalized spacial score (nSPS) is 12.2. The van der Waals surface area contributed by atoms with Crippen LogP contribution in [0.5, 0.6) is 0 Å². The fourth-order valence-electron chi connectivity index (χ4n) is 3.39. The second-order valence-electron chi connectivity index (χ2n) is 7.53. The van der Waals surface area contributed by atoms with E-state index in [-0.39, 0.29) is 5.41 Å². The lowest BCUT2D eigenvalue weighted by molar-refractivity contribution is 0.580. The number of nitrogens with zero attached hydrogens (tertiary/aromatic N) is 1. The molecule has 0 fully saturated rings. The molecule has 0 aliphatic rings. The van der Waals surface area contributed by atoms with Crippen molar-refractivity contribution in [2.75, 3.05) is 0 Å². The first kappa shape index (κ1) is 16.6. The van der Waals surface area contributed by atoms with Crippen LogP contribution >= 0.6 is 22.6 Å². The Morgan fingerprint density at radius 1 is 1.00 bits per heavy atom. The van der Waals surface area contributed by atoms with E-state index in [0.717, 1.165) is 26.0 Å². The van der Waals surface area contributed by atoms with Gasteiger partial charge < -0.3 is 4.42 Å². The number of aromatic nitrogens is 1. The third kappa shape index (κ3) is 2.74. The van der Waals surface area contributed by atoms with Gasteiger partial charge in [0.05, 0.1) is 0 Å². The molecule has 0 atom stereocenters. The molecule has 25 heavy (non-hydrogen) atoms. The predicted molar refractivity (Wildman–Crippen MR) is 113 cm³/mol. The predicted octanol–water partition coefficient (Wildman–Crippen LogP) is 6.86. The van der Waals surface area contributed by atoms with Gasteiger partial charge in [0.25, 0.3) is 0 Å². The van der Waals surface area contributed by atoms with Gasteiger partial charge in [0, 0.05) is 22.7 Å². The van der Waals surface area contributed by atoms with Crippen LogP contribution in [-0.2, 0) is 5.41 Å². The highest BCUT2D eigenvalue weighted by Crippen LogP contribution is 2.37. The van der Waals surface area contributed by atoms with Crippen LogP contribution in [0, 0.1) is 10.7 Å². The summed E-state index contributed by atoms with van der Waals surface area (Å²) in [5.74, 6) is 0. The van der Waals surface area contributed by atoms with Gasteiger partial charge in [-0.3, -0.25) is 4.98 Å². The first-order valence-corrected chi connectivity index (χ1v) is 9.51. The highest BCUT2D eigenvalue weighted by Gasteiger charge is 2.20. The third-order valence-electron chi connectivity index (χ3n) is 4.74. The van der Waals surface area contributed by atoms with Gasteiger partial charge in [-0.25, -0.2) is 0 Å². The molecule has 0 bridgehead atoms. The van der Waals surface area contributed by atoms with Crippen molar-refractivity contribution in [1.82, 2.24) is 4.98 Å². The second-order valence-corrected chi connectivity index (χ2v) is 8.51. The number of hydrogen-bond acceptors (Lipinski definition) is 2. The number of halogens is 1. The van der Waals surface area contributed by atoms with E-state index in [4.69, 9.17) is 4.42 Å². The second kappa shape index (κ2) is 5.84. The minimum absolute atomic E-state index is 0.0526. The molecule has 0 unspecified atom stereocenters. The Balaban J connectivity index is 2.07. The van der Waals surface area contributed by atoms with Gasteiger partial charge in [-0.1, -0.05) is 45.0 Å². The Bertz CT molecular complexity index is 1100. The Kier molecular flexibility index (Phi) is 3.87. The van der Waals surface area contributed by atoms with Gasteiger partial charge >= 0.3 is 0 Å². The molecule has 0 spiro atoms. The molecule has 0 aliphatic carbocycles. The molecular formula is C22H20INO. The minimum Gasteiger partial charge on any atom is -0.448 e. The highest BCUT2D eigenvalue weighted by molar-refractivity contribution is 14.1. The van der Waals surface area contributed by atoms with E-state index in [9.17, 15) is 0 Å². The maximum absolute atomic E-state index is 6.05. The van der Waals surface area contributed by atoms with Crippen molar-refractivity contribution in [3.8, 4) is 11.3 Å². The molecule has 3 heteroatoms. The standard InChI is InChI=1S/C22H20INO/c1-13-16-9-10-24-19(20(16)25-21(13)23)15-11-14-7-5-6-8-17(14)18(12-15)22(2,3)4/h5-12H,1-4H3. The minimum atomic E-state index is 0.0526. The van der Waals surface area contributed by atoms with Gasteiger partial charge in [-0.05, 0) is 69.5 Å². The number of aryl methyl sites for hydroxylation is 1. The number of fused-ring (bicyclic) bond motifs is 2. The molecular weight excluding hydrogens is 421 g/mol. The van der Waals surface area contributed by atoms with Crippen LogP contribution in [0.2, 0.25) is 0 Å². The summed E-state index contributed by atoms with van der Waals surface area (Å²) in [5, 5.41) is 3.68. The zero-order valence-corrected chi connectivity index (χ0v) is 17.0. The maximum atomic E-state index is 6.05. The molecule has 0 N–H and O–H groups in total. The zero-order chi connectivity index (χ0) is 17.8. The summed E-state index contributed by atoms with van der Waals surface area (Å²) in [7, 11) is 0. The molecule has 0 saturated heterocycles. The summed E-state index contributed by atoms with van der Waals surface area (Å²) in [5.41, 5.74) is 5.46. The Morgan fingerprint density at radius 3 is 2.52 bits per heavy atom. The van der Waals surface area contributed by atoms with Gasteiger partial charge in [0.2, 0.25) is 0 Å². The van der Waals surface area contributed by atoms with Gasteiger partial charge in [-0.2, -0.15) is 0 Å². The summed E-state index contributed by atoms with van der Waals surface area (Å²) < 4.78 is 6.98. The molecule has 2 nitrogen and oxygen atoms in total. The van der Waals surface area contributed by atoms with E-state index in [1.165, 1.54) is 21.9 Å². The van der Waals surface area contributed by atoms with Crippen LogP contribution in [0.3, 0.4) is 0 Å². The van der Waals surface area contributed by atoms with Crippen LogP contribution in [0.4, 0.5) is 0 Å². The Labute approximate surface area is 161 Å². The lowest BCUT2D eigenvalue weighted by Crippen LogP contribution is -2.12. The third-order valence-corrected chi connectivity index (χ3v) is 5.77. The van der Waals surface area contributed by atoms with Crippen LogP contribution < -0.4 is 0 Å². The molecule has 0 saturated carbocycles. The molecule has 4 aromatic rings. The lowest BCUT2D eigenvalue weighted by atomic mass is 9.82. The quantitative estimate of drug-likeness (QED) is 0.302. The molecule has 4 rings (SSSR count). The van der Waals surface area contributed by atoms with Crippen LogP contribution in [0.25, 0.3) is 33.0 Å². The fraction of sp³-hybridized carbons (Fsp3) is 0.227. The summed E-state index contributed by atoms with van der Waals surface area (Å²) in [6.07, 6.45) is 1.88. The molecule has 2 aromatic carbocycles. The molecule has 126 valence electrons. The topological polar surface area (TPSA) is 26.0 Å². The smallest absolute Gasteiger partial charge is 0.168 e. The first-order chi connectivity index (χ1) is 11.9. The van der Waals surface area contributed by atoms with Crippen molar-refractivity contribution in [3.63, 3.8) is 0 Å². The molecule has 2 aromatic heterocycles. The molecule has 2 heterocycles. The van der Waals surface area contributed by atoms with E-state index in [0.29, 0.717) is 0 Å². The van der Waals surface area contributed by atoms with Crippen molar-refractivity contribution in [3.05, 3.63) is 63.6 Å². The first-order valence-electron chi connectivity index (χ1n) is 8.43. The summed E-state index contributed by atoms with van der Waals surface area (Å²) in [4.78, 5) is 4.66. The van der Waals surface area contributed by atoms with Crippen molar-refractivity contribution >= 4 is 44.3 Å². The van der Waals surface area contributed by atoms with E-state index >= 15 is 0 Å². The Hall–Kier alpha value is -1.88. The molecule has 0 amide bonds.